The molecule has 42 heavy (non-hydrogen) atoms. The second kappa shape index (κ2) is 24.5. The summed E-state index contributed by atoms with van der Waals surface area (Å²) in [6, 6.07) is -0.979. The summed E-state index contributed by atoms with van der Waals surface area (Å²) in [5.74, 6) is -0.265. The lowest BCUT2D eigenvalue weighted by Crippen LogP contribution is -2.60. The van der Waals surface area contributed by atoms with E-state index < -0.39 is 55.6 Å². The van der Waals surface area contributed by atoms with Crippen LogP contribution < -0.4 is 5.32 Å². The molecule has 1 heterocycles. The number of aliphatic hydroxyl groups is 6. The Bertz CT molecular complexity index is 653. The zero-order valence-electron chi connectivity index (χ0n) is 26.4. The minimum Gasteiger partial charge on any atom is -0.394 e. The van der Waals surface area contributed by atoms with Crippen molar-refractivity contribution < 1.29 is 44.9 Å². The van der Waals surface area contributed by atoms with Crippen LogP contribution in [0.15, 0.2) is 0 Å². The van der Waals surface area contributed by atoms with E-state index in [1.807, 2.05) is 0 Å². The molecule has 0 aliphatic carbocycles. The predicted molar refractivity (Wildman–Crippen MR) is 163 cm³/mol. The fraction of sp³-hybridized carbons (Fsp3) is 0.969. The van der Waals surface area contributed by atoms with E-state index >= 15 is 0 Å². The molecule has 0 spiro atoms. The number of nitrogens with one attached hydrogen (secondary N) is 1. The number of hydrogen-bond donors (Lipinski definition) is 7. The van der Waals surface area contributed by atoms with Crippen molar-refractivity contribution in [2.75, 3.05) is 13.2 Å². The highest BCUT2D eigenvalue weighted by Crippen LogP contribution is 2.23. The number of hydrogen-bond acceptors (Lipinski definition) is 9. The van der Waals surface area contributed by atoms with E-state index in [1.54, 1.807) is 0 Å². The molecule has 1 aliphatic rings. The van der Waals surface area contributed by atoms with Crippen LogP contribution >= 0.6 is 0 Å². The van der Waals surface area contributed by atoms with E-state index in [0.29, 0.717) is 6.42 Å². The van der Waals surface area contributed by atoms with Gasteiger partial charge >= 0.3 is 0 Å². The molecule has 1 rings (SSSR count). The molecule has 7 N–H and O–H groups in total. The highest BCUT2D eigenvalue weighted by Gasteiger charge is 2.44. The second-order valence-electron chi connectivity index (χ2n) is 12.1. The number of rotatable bonds is 26. The van der Waals surface area contributed by atoms with Crippen LogP contribution in [-0.2, 0) is 14.3 Å². The second-order valence-corrected chi connectivity index (χ2v) is 12.1. The fourth-order valence-electron chi connectivity index (χ4n) is 5.43. The molecule has 1 aliphatic heterocycles. The van der Waals surface area contributed by atoms with Crippen molar-refractivity contribution in [2.45, 2.75) is 185 Å². The predicted octanol–water partition coefficient (Wildman–Crippen LogP) is 3.46. The molecule has 8 atom stereocenters. The Kier molecular flexibility index (Phi) is 22.8. The third-order valence-corrected chi connectivity index (χ3v) is 8.30. The number of ether oxygens (including phenoxy) is 2. The van der Waals surface area contributed by atoms with Crippen LogP contribution in [-0.4, -0.2) is 98.7 Å². The van der Waals surface area contributed by atoms with E-state index in [4.69, 9.17) is 9.47 Å². The van der Waals surface area contributed by atoms with Gasteiger partial charge in [0.1, 0.15) is 30.5 Å². The first-order valence-corrected chi connectivity index (χ1v) is 16.8. The number of carbonyl (C=O) groups excluding carboxylic acids is 1. The van der Waals surface area contributed by atoms with Gasteiger partial charge in [0.25, 0.3) is 0 Å². The largest absolute Gasteiger partial charge is 0.394 e. The molecule has 0 radical (unpaired) electrons. The highest BCUT2D eigenvalue weighted by molar-refractivity contribution is 5.76. The third-order valence-electron chi connectivity index (χ3n) is 8.30. The summed E-state index contributed by atoms with van der Waals surface area (Å²) < 4.78 is 11.0. The Hall–Kier alpha value is -0.850. The lowest BCUT2D eigenvalue weighted by Gasteiger charge is -2.40. The first-order chi connectivity index (χ1) is 20.3. The molecular formula is C32H63NO9. The number of unbranched alkanes of at least 4 members (excludes halogenated alkanes) is 15. The summed E-state index contributed by atoms with van der Waals surface area (Å²) in [4.78, 5) is 12.8. The van der Waals surface area contributed by atoms with Gasteiger partial charge in [-0.05, 0) is 12.8 Å². The Balaban J connectivity index is 2.59. The normalized spacial score (nSPS) is 24.8. The smallest absolute Gasteiger partial charge is 0.220 e. The van der Waals surface area contributed by atoms with Crippen LogP contribution in [0.2, 0.25) is 0 Å². The minimum absolute atomic E-state index is 0.265. The Morgan fingerprint density at radius 2 is 1.24 bits per heavy atom. The molecular weight excluding hydrogens is 542 g/mol. The molecule has 1 saturated heterocycles. The van der Waals surface area contributed by atoms with Gasteiger partial charge in [-0.15, -0.1) is 0 Å². The third kappa shape index (κ3) is 16.3. The topological polar surface area (TPSA) is 169 Å². The maximum Gasteiger partial charge on any atom is 0.220 e. The van der Waals surface area contributed by atoms with Crippen molar-refractivity contribution in [3.63, 3.8) is 0 Å². The first-order valence-electron chi connectivity index (χ1n) is 16.8. The van der Waals surface area contributed by atoms with Gasteiger partial charge in [-0.25, -0.2) is 0 Å². The SMILES string of the molecule is CCCCCCCCCCCC(=O)N[C@@H](CO[C@@H]1O[C@H](CO)[C@@H](O)C(O)C1O)[C@H](O)[C@H](O)CCCCCCCCCC. The van der Waals surface area contributed by atoms with Crippen LogP contribution in [0.1, 0.15) is 136 Å². The molecule has 250 valence electrons. The van der Waals surface area contributed by atoms with Crippen molar-refractivity contribution in [2.24, 2.45) is 0 Å². The van der Waals surface area contributed by atoms with E-state index in [1.165, 1.54) is 57.8 Å². The molecule has 0 bridgehead atoms. The first kappa shape index (κ1) is 39.2. The maximum atomic E-state index is 12.8. The van der Waals surface area contributed by atoms with Crippen molar-refractivity contribution in [3.05, 3.63) is 0 Å². The monoisotopic (exact) mass is 605 g/mol. The van der Waals surface area contributed by atoms with Crippen LogP contribution in [0.5, 0.6) is 0 Å². The number of amides is 1. The average Bonchev–Trinajstić information content (AvgIpc) is 2.98. The van der Waals surface area contributed by atoms with Crippen LogP contribution in [0.25, 0.3) is 0 Å². The van der Waals surface area contributed by atoms with E-state index in [0.717, 1.165) is 51.4 Å². The minimum atomic E-state index is -1.60. The summed E-state index contributed by atoms with van der Waals surface area (Å²) in [6.07, 6.45) is 10.0. The lowest BCUT2D eigenvalue weighted by atomic mass is 9.98. The number of carbonyl (C=O) groups is 1. The van der Waals surface area contributed by atoms with Crippen LogP contribution in [0.3, 0.4) is 0 Å². The highest BCUT2D eigenvalue weighted by atomic mass is 16.7. The van der Waals surface area contributed by atoms with Crippen molar-refractivity contribution in [1.29, 1.82) is 0 Å². The Morgan fingerprint density at radius 3 is 1.76 bits per heavy atom. The molecule has 0 saturated carbocycles. The van der Waals surface area contributed by atoms with E-state index in [9.17, 15) is 35.4 Å². The molecule has 0 aromatic carbocycles. The molecule has 1 fully saturated rings. The van der Waals surface area contributed by atoms with Gasteiger partial charge in [0.2, 0.25) is 5.91 Å². The van der Waals surface area contributed by atoms with Gasteiger partial charge in [-0.3, -0.25) is 4.79 Å². The van der Waals surface area contributed by atoms with Gasteiger partial charge < -0.3 is 45.4 Å². The zero-order valence-corrected chi connectivity index (χ0v) is 26.4. The maximum absolute atomic E-state index is 12.8. The molecule has 1 amide bonds. The van der Waals surface area contributed by atoms with Gasteiger partial charge in [-0.1, -0.05) is 117 Å². The quantitative estimate of drug-likeness (QED) is 0.0730. The van der Waals surface area contributed by atoms with Gasteiger partial charge in [0, 0.05) is 6.42 Å². The lowest BCUT2D eigenvalue weighted by molar-refractivity contribution is -0.303. The van der Waals surface area contributed by atoms with Gasteiger partial charge in [0.15, 0.2) is 6.29 Å². The van der Waals surface area contributed by atoms with Crippen LogP contribution in [0.4, 0.5) is 0 Å². The van der Waals surface area contributed by atoms with E-state index in [-0.39, 0.29) is 18.9 Å². The Labute approximate surface area is 254 Å². The van der Waals surface area contributed by atoms with Gasteiger partial charge in [-0.2, -0.15) is 0 Å². The van der Waals surface area contributed by atoms with Gasteiger partial charge in [0.05, 0.1) is 25.4 Å². The molecule has 10 nitrogen and oxygen atoms in total. The summed E-state index contributed by atoms with van der Waals surface area (Å²) in [5, 5.41) is 64.3. The fourth-order valence-corrected chi connectivity index (χ4v) is 5.43. The molecule has 0 aromatic rings. The van der Waals surface area contributed by atoms with Crippen molar-refractivity contribution in [1.82, 2.24) is 5.32 Å². The average molecular weight is 606 g/mol. The standard InChI is InChI=1S/C32H63NO9/c1-3-5-7-9-11-13-15-17-19-21-27(36)33-24(23-41-32-31(40)30(39)29(38)26(22-34)42-32)28(37)25(35)20-18-16-14-12-10-8-6-4-2/h24-26,28-32,34-35,37-40H,3-23H2,1-2H3,(H,33,36)/t24-,25+,26+,28-,29+,30?,31?,32+/m0/s1. The van der Waals surface area contributed by atoms with E-state index in [2.05, 4.69) is 19.2 Å². The number of aliphatic hydroxyl groups excluding tert-OH is 6. The van der Waals surface area contributed by atoms with Crippen LogP contribution in [0, 0.1) is 0 Å². The van der Waals surface area contributed by atoms with Crippen molar-refractivity contribution >= 4 is 5.91 Å². The summed E-state index contributed by atoms with van der Waals surface area (Å²) in [5.41, 5.74) is 0. The zero-order chi connectivity index (χ0) is 31.2. The van der Waals surface area contributed by atoms with Crippen molar-refractivity contribution in [3.8, 4) is 0 Å². The summed E-state index contributed by atoms with van der Waals surface area (Å²) in [6.45, 7) is 3.49. The molecule has 2 unspecified atom stereocenters. The molecule has 0 aromatic heterocycles. The Morgan fingerprint density at radius 1 is 0.738 bits per heavy atom. The summed E-state index contributed by atoms with van der Waals surface area (Å²) in [7, 11) is 0. The summed E-state index contributed by atoms with van der Waals surface area (Å²) >= 11 is 0. The molecule has 10 heteroatoms.